The van der Waals surface area contributed by atoms with Gasteiger partial charge < -0.3 is 10.2 Å². The number of hydrogen-bond donors (Lipinski definition) is 1. The average Bonchev–Trinajstić information content (AvgIpc) is 2.96. The number of hydrogen-bond acceptors (Lipinski definition) is 3. The van der Waals surface area contributed by atoms with E-state index in [2.05, 4.69) is 106 Å². The third-order valence-corrected chi connectivity index (χ3v) is 8.82. The molecule has 4 aromatic carbocycles. The van der Waals surface area contributed by atoms with Gasteiger partial charge in [0.15, 0.2) is 0 Å². The van der Waals surface area contributed by atoms with Crippen LogP contribution < -0.4 is 5.32 Å². The molecule has 0 aliphatic rings. The van der Waals surface area contributed by atoms with Gasteiger partial charge in [-0.25, -0.2) is 0 Å². The Kier molecular flexibility index (Phi) is 8.71. The average molecular weight is 590 g/mol. The van der Waals surface area contributed by atoms with E-state index in [1.165, 1.54) is 32.3 Å². The first-order chi connectivity index (χ1) is 20.8. The number of nitrogens with zero attached hydrogens (tertiary/aromatic N) is 2. The van der Waals surface area contributed by atoms with Crippen LogP contribution in [0.1, 0.15) is 85.4 Å². The lowest BCUT2D eigenvalue weighted by Crippen LogP contribution is -2.62. The van der Waals surface area contributed by atoms with Crippen molar-refractivity contribution in [3.8, 4) is 0 Å². The Morgan fingerprint density at radius 3 is 2.09 bits per heavy atom. The van der Waals surface area contributed by atoms with Gasteiger partial charge in [0.25, 0.3) is 0 Å². The Labute approximate surface area is 262 Å². The summed E-state index contributed by atoms with van der Waals surface area (Å²) in [5.74, 6) is -0.151. The maximum Gasteiger partial charge on any atom is 0.246 e. The second-order valence-corrected chi connectivity index (χ2v) is 14.5. The Morgan fingerprint density at radius 2 is 1.45 bits per heavy atom. The summed E-state index contributed by atoms with van der Waals surface area (Å²) in [6.07, 6.45) is 4.77. The minimum absolute atomic E-state index is 0.0407. The van der Waals surface area contributed by atoms with Gasteiger partial charge in [-0.05, 0) is 95.5 Å². The first-order valence-electron chi connectivity index (χ1n) is 16.0. The van der Waals surface area contributed by atoms with E-state index in [9.17, 15) is 9.59 Å². The summed E-state index contributed by atoms with van der Waals surface area (Å²) in [6.45, 7) is 15.0. The SMILES string of the molecule is CCCC(C)(C(=O)NC(C)(C)CC(C)(C)C)N(Cc1ccccn1)C(=O)CCc1ccc2ccc3cccc4ccc1c2c34. The number of carbonyl (C=O) groups is 2. The van der Waals surface area contributed by atoms with E-state index >= 15 is 0 Å². The van der Waals surface area contributed by atoms with Crippen LogP contribution in [0, 0.1) is 5.41 Å². The third-order valence-electron chi connectivity index (χ3n) is 8.82. The summed E-state index contributed by atoms with van der Waals surface area (Å²) in [5.41, 5.74) is 0.511. The maximum atomic E-state index is 14.3. The molecule has 230 valence electrons. The van der Waals surface area contributed by atoms with Crippen LogP contribution in [0.25, 0.3) is 32.3 Å². The van der Waals surface area contributed by atoms with Crippen molar-refractivity contribution in [3.05, 3.63) is 90.3 Å². The predicted molar refractivity (Wildman–Crippen MR) is 183 cm³/mol. The van der Waals surface area contributed by atoms with Crippen LogP contribution in [-0.2, 0) is 22.6 Å². The lowest BCUT2D eigenvalue weighted by atomic mass is 9.81. The monoisotopic (exact) mass is 589 g/mol. The topological polar surface area (TPSA) is 62.3 Å². The van der Waals surface area contributed by atoms with Gasteiger partial charge in [-0.2, -0.15) is 0 Å². The van der Waals surface area contributed by atoms with Crippen LogP contribution in [0.15, 0.2) is 79.0 Å². The highest BCUT2D eigenvalue weighted by molar-refractivity contribution is 6.23. The van der Waals surface area contributed by atoms with Gasteiger partial charge in [0.1, 0.15) is 5.54 Å². The van der Waals surface area contributed by atoms with Crippen molar-refractivity contribution in [1.29, 1.82) is 0 Å². The lowest BCUT2D eigenvalue weighted by molar-refractivity contribution is -0.149. The van der Waals surface area contributed by atoms with Gasteiger partial charge in [-0.3, -0.25) is 14.6 Å². The molecule has 5 rings (SSSR count). The zero-order valence-electron chi connectivity index (χ0n) is 27.5. The molecule has 5 heteroatoms. The van der Waals surface area contributed by atoms with Crippen molar-refractivity contribution < 1.29 is 9.59 Å². The van der Waals surface area contributed by atoms with E-state index < -0.39 is 11.1 Å². The Balaban J connectivity index is 1.47. The maximum absolute atomic E-state index is 14.3. The van der Waals surface area contributed by atoms with E-state index in [-0.39, 0.29) is 23.8 Å². The van der Waals surface area contributed by atoms with Crippen molar-refractivity contribution in [2.24, 2.45) is 5.41 Å². The molecule has 44 heavy (non-hydrogen) atoms. The molecule has 5 nitrogen and oxygen atoms in total. The molecule has 1 atom stereocenters. The standard InChI is InChI=1S/C39H47N3O2/c1-8-23-39(7,36(44)41-38(5,6)26-37(2,3)4)42(25-31-14-9-10-24-40-31)33(43)22-20-27-15-16-30-18-17-28-12-11-13-29-19-21-32(27)35(30)34(28)29/h9-19,21,24H,8,20,22-23,25-26H2,1-7H3,(H,41,44). The molecule has 1 unspecified atom stereocenters. The molecular formula is C39H47N3O2. The van der Waals surface area contributed by atoms with Gasteiger partial charge in [-0.1, -0.05) is 94.8 Å². The molecule has 0 fully saturated rings. The van der Waals surface area contributed by atoms with Gasteiger partial charge >= 0.3 is 0 Å². The molecule has 1 aromatic heterocycles. The van der Waals surface area contributed by atoms with Crippen molar-refractivity contribution in [2.75, 3.05) is 0 Å². The fraction of sp³-hybridized carbons (Fsp3) is 0.410. The molecule has 5 aromatic rings. The first kappa shape index (κ1) is 31.4. The summed E-state index contributed by atoms with van der Waals surface area (Å²) in [5, 5.41) is 10.7. The third kappa shape index (κ3) is 6.57. The van der Waals surface area contributed by atoms with Gasteiger partial charge in [0.2, 0.25) is 11.8 Å². The quantitative estimate of drug-likeness (QED) is 0.157. The summed E-state index contributed by atoms with van der Waals surface area (Å²) in [4.78, 5) is 34.9. The number of rotatable bonds is 11. The molecular weight excluding hydrogens is 542 g/mol. The number of nitrogens with one attached hydrogen (secondary N) is 1. The van der Waals surface area contributed by atoms with Crippen LogP contribution in [-0.4, -0.2) is 32.8 Å². The van der Waals surface area contributed by atoms with Crippen molar-refractivity contribution in [3.63, 3.8) is 0 Å². The van der Waals surface area contributed by atoms with Gasteiger partial charge in [0.05, 0.1) is 12.2 Å². The molecule has 0 bridgehead atoms. The van der Waals surface area contributed by atoms with Gasteiger partial charge in [0, 0.05) is 18.2 Å². The Hall–Kier alpha value is -3.99. The Bertz CT molecular complexity index is 1750. The van der Waals surface area contributed by atoms with E-state index in [1.807, 2.05) is 25.1 Å². The largest absolute Gasteiger partial charge is 0.349 e. The zero-order chi connectivity index (χ0) is 31.7. The normalized spacial score (nSPS) is 13.8. The second-order valence-electron chi connectivity index (χ2n) is 14.5. The van der Waals surface area contributed by atoms with Crippen LogP contribution in [0.3, 0.4) is 0 Å². The van der Waals surface area contributed by atoms with Crippen molar-refractivity contribution in [2.45, 2.75) is 98.2 Å². The number of aromatic nitrogens is 1. The molecule has 0 radical (unpaired) electrons. The smallest absolute Gasteiger partial charge is 0.246 e. The van der Waals surface area contributed by atoms with Crippen molar-refractivity contribution in [1.82, 2.24) is 15.2 Å². The number of carbonyl (C=O) groups excluding carboxylic acids is 2. The minimum Gasteiger partial charge on any atom is -0.349 e. The Morgan fingerprint density at radius 1 is 0.795 bits per heavy atom. The highest BCUT2D eigenvalue weighted by atomic mass is 16.2. The highest BCUT2D eigenvalue weighted by Gasteiger charge is 2.43. The zero-order valence-corrected chi connectivity index (χ0v) is 27.5. The summed E-state index contributed by atoms with van der Waals surface area (Å²) in [6, 6.07) is 25.2. The minimum atomic E-state index is -1.03. The summed E-state index contributed by atoms with van der Waals surface area (Å²) in [7, 11) is 0. The fourth-order valence-electron chi connectivity index (χ4n) is 7.25. The summed E-state index contributed by atoms with van der Waals surface area (Å²) < 4.78 is 0. The summed E-state index contributed by atoms with van der Waals surface area (Å²) >= 11 is 0. The van der Waals surface area contributed by atoms with E-state index in [0.717, 1.165) is 24.1 Å². The van der Waals surface area contributed by atoms with Crippen LogP contribution in [0.5, 0.6) is 0 Å². The number of aryl methyl sites for hydroxylation is 1. The molecule has 0 saturated heterocycles. The van der Waals surface area contributed by atoms with E-state index in [0.29, 0.717) is 19.3 Å². The van der Waals surface area contributed by atoms with Crippen molar-refractivity contribution >= 4 is 44.1 Å². The first-order valence-corrected chi connectivity index (χ1v) is 16.0. The molecule has 0 saturated carbocycles. The predicted octanol–water partition coefficient (Wildman–Crippen LogP) is 8.83. The van der Waals surface area contributed by atoms with Crippen LogP contribution in [0.4, 0.5) is 0 Å². The molecule has 2 amide bonds. The van der Waals surface area contributed by atoms with E-state index in [1.54, 1.807) is 11.1 Å². The molecule has 1 N–H and O–H groups in total. The van der Waals surface area contributed by atoms with E-state index in [4.69, 9.17) is 0 Å². The fourth-order valence-corrected chi connectivity index (χ4v) is 7.25. The molecule has 0 spiro atoms. The van der Waals surface area contributed by atoms with Crippen LogP contribution >= 0.6 is 0 Å². The molecule has 0 aliphatic heterocycles. The van der Waals surface area contributed by atoms with Crippen LogP contribution in [0.2, 0.25) is 0 Å². The lowest BCUT2D eigenvalue weighted by Gasteiger charge is -2.43. The highest BCUT2D eigenvalue weighted by Crippen LogP contribution is 2.37. The number of amides is 2. The van der Waals surface area contributed by atoms with Gasteiger partial charge in [-0.15, -0.1) is 0 Å². The number of pyridine rings is 1. The molecule has 1 heterocycles. The second kappa shape index (κ2) is 12.2. The number of benzene rings is 4. The molecule has 0 aliphatic carbocycles.